The summed E-state index contributed by atoms with van der Waals surface area (Å²) in [7, 11) is 1.78. The minimum Gasteiger partial charge on any atom is -0.379 e. The number of carbonyl (C=O) groups is 2. The Bertz CT molecular complexity index is 746. The molecule has 0 aromatic carbocycles. The third-order valence-corrected chi connectivity index (χ3v) is 5.58. The number of hydrogen-bond donors (Lipinski definition) is 0. The van der Waals surface area contributed by atoms with Crippen molar-refractivity contribution < 1.29 is 14.3 Å². The number of aryl methyl sites for hydroxylation is 1. The van der Waals surface area contributed by atoms with Crippen LogP contribution in [-0.2, 0) is 27.3 Å². The lowest BCUT2D eigenvalue weighted by molar-refractivity contribution is -0.132. The van der Waals surface area contributed by atoms with Gasteiger partial charge in [0.1, 0.15) is 11.6 Å². The predicted molar refractivity (Wildman–Crippen MR) is 111 cm³/mol. The monoisotopic (exact) mass is 403 g/mol. The average molecular weight is 404 g/mol. The topological polar surface area (TPSA) is 78.9 Å². The molecule has 1 aromatic heterocycles. The first-order valence-electron chi connectivity index (χ1n) is 10.6. The summed E-state index contributed by atoms with van der Waals surface area (Å²) in [6, 6.07) is 0. The molecule has 0 aliphatic carbocycles. The Balaban J connectivity index is 1.72. The van der Waals surface area contributed by atoms with Crippen LogP contribution in [-0.4, -0.2) is 78.0 Å². The molecule has 0 radical (unpaired) electrons. The normalized spacial score (nSPS) is 17.6. The van der Waals surface area contributed by atoms with E-state index >= 15 is 0 Å². The fourth-order valence-corrected chi connectivity index (χ4v) is 3.70. The zero-order valence-corrected chi connectivity index (χ0v) is 18.1. The van der Waals surface area contributed by atoms with E-state index in [0.29, 0.717) is 57.4 Å². The Kier molecular flexibility index (Phi) is 7.18. The predicted octanol–water partition coefficient (Wildman–Crippen LogP) is 1.40. The molecule has 0 bridgehead atoms. The standard InChI is InChI=1S/C21H33N5O3/c1-15(2)7-8-26-19(27)6-5-17-16(3)22-18(23-21(17)26)13-24(4)20(28)14-25-9-11-29-12-10-25/h15H,5-14H2,1-4H3. The summed E-state index contributed by atoms with van der Waals surface area (Å²) in [5.41, 5.74) is 1.96. The first-order valence-corrected chi connectivity index (χ1v) is 10.6. The summed E-state index contributed by atoms with van der Waals surface area (Å²) < 4.78 is 5.34. The van der Waals surface area contributed by atoms with Crippen molar-refractivity contribution in [2.24, 2.45) is 5.92 Å². The SMILES string of the molecule is Cc1nc(CN(C)C(=O)CN2CCOCC2)nc2c1CCC(=O)N2CCC(C)C. The molecule has 1 aromatic rings. The van der Waals surface area contributed by atoms with Crippen LogP contribution in [0.4, 0.5) is 5.82 Å². The van der Waals surface area contributed by atoms with Crippen LogP contribution in [0.3, 0.4) is 0 Å². The number of rotatable bonds is 7. The van der Waals surface area contributed by atoms with E-state index in [2.05, 4.69) is 23.7 Å². The van der Waals surface area contributed by atoms with E-state index in [0.717, 1.165) is 36.6 Å². The molecule has 3 rings (SSSR count). The lowest BCUT2D eigenvalue weighted by Gasteiger charge is -2.30. The fourth-order valence-electron chi connectivity index (χ4n) is 3.70. The quantitative estimate of drug-likeness (QED) is 0.685. The van der Waals surface area contributed by atoms with Crippen LogP contribution in [0.1, 0.15) is 43.8 Å². The highest BCUT2D eigenvalue weighted by molar-refractivity contribution is 5.95. The number of carbonyl (C=O) groups excluding carboxylic acids is 2. The molecule has 0 saturated carbocycles. The van der Waals surface area contributed by atoms with Gasteiger partial charge in [-0.25, -0.2) is 9.97 Å². The second kappa shape index (κ2) is 9.63. The summed E-state index contributed by atoms with van der Waals surface area (Å²) in [6.45, 7) is 10.6. The summed E-state index contributed by atoms with van der Waals surface area (Å²) in [5, 5.41) is 0. The van der Waals surface area contributed by atoms with Crippen molar-refractivity contribution in [3.05, 3.63) is 17.1 Å². The summed E-state index contributed by atoms with van der Waals surface area (Å²) >= 11 is 0. The summed E-state index contributed by atoms with van der Waals surface area (Å²) in [6.07, 6.45) is 2.12. The van der Waals surface area contributed by atoms with Gasteiger partial charge in [-0.2, -0.15) is 0 Å². The van der Waals surface area contributed by atoms with Gasteiger partial charge in [-0.1, -0.05) is 13.8 Å². The van der Waals surface area contributed by atoms with Crippen LogP contribution in [0, 0.1) is 12.8 Å². The molecule has 1 saturated heterocycles. The fraction of sp³-hybridized carbons (Fsp3) is 0.714. The maximum atomic E-state index is 12.6. The van der Waals surface area contributed by atoms with E-state index in [9.17, 15) is 9.59 Å². The number of fused-ring (bicyclic) bond motifs is 1. The Morgan fingerprint density at radius 1 is 1.21 bits per heavy atom. The zero-order chi connectivity index (χ0) is 21.0. The van der Waals surface area contributed by atoms with Gasteiger partial charge in [-0.3, -0.25) is 19.4 Å². The van der Waals surface area contributed by atoms with Gasteiger partial charge < -0.3 is 9.64 Å². The van der Waals surface area contributed by atoms with Gasteiger partial charge in [0.05, 0.1) is 26.3 Å². The first kappa shape index (κ1) is 21.6. The van der Waals surface area contributed by atoms with Gasteiger partial charge >= 0.3 is 0 Å². The van der Waals surface area contributed by atoms with Crippen molar-refractivity contribution >= 4 is 17.6 Å². The Morgan fingerprint density at radius 3 is 2.62 bits per heavy atom. The molecule has 2 amide bonds. The van der Waals surface area contributed by atoms with Crippen LogP contribution in [0.25, 0.3) is 0 Å². The maximum Gasteiger partial charge on any atom is 0.236 e. The van der Waals surface area contributed by atoms with Crippen LogP contribution in [0.5, 0.6) is 0 Å². The van der Waals surface area contributed by atoms with Crippen LogP contribution >= 0.6 is 0 Å². The van der Waals surface area contributed by atoms with E-state index in [1.165, 1.54) is 0 Å². The zero-order valence-electron chi connectivity index (χ0n) is 18.1. The Morgan fingerprint density at radius 2 is 1.93 bits per heavy atom. The molecule has 1 fully saturated rings. The molecule has 0 atom stereocenters. The molecule has 29 heavy (non-hydrogen) atoms. The molecule has 0 N–H and O–H groups in total. The highest BCUT2D eigenvalue weighted by atomic mass is 16.5. The summed E-state index contributed by atoms with van der Waals surface area (Å²) in [4.78, 5) is 40.1. The lowest BCUT2D eigenvalue weighted by atomic mass is 10.0. The number of aromatic nitrogens is 2. The second-order valence-corrected chi connectivity index (χ2v) is 8.39. The van der Waals surface area contributed by atoms with E-state index < -0.39 is 0 Å². The van der Waals surface area contributed by atoms with E-state index in [1.807, 2.05) is 11.8 Å². The third kappa shape index (κ3) is 5.51. The molecule has 8 nitrogen and oxygen atoms in total. The molecule has 8 heteroatoms. The van der Waals surface area contributed by atoms with Gasteiger partial charge in [0, 0.05) is 44.4 Å². The Hall–Kier alpha value is -2.06. The van der Waals surface area contributed by atoms with Crippen LogP contribution in [0.2, 0.25) is 0 Å². The molecule has 3 heterocycles. The molecule has 0 spiro atoms. The molecule has 2 aliphatic rings. The van der Waals surface area contributed by atoms with Gasteiger partial charge in [-0.15, -0.1) is 0 Å². The number of morpholine rings is 1. The molecular weight excluding hydrogens is 370 g/mol. The van der Waals surface area contributed by atoms with Crippen molar-refractivity contribution in [3.8, 4) is 0 Å². The van der Waals surface area contributed by atoms with Gasteiger partial charge in [0.15, 0.2) is 0 Å². The van der Waals surface area contributed by atoms with Crippen molar-refractivity contribution in [3.63, 3.8) is 0 Å². The molecule has 2 aliphatic heterocycles. The smallest absolute Gasteiger partial charge is 0.236 e. The van der Waals surface area contributed by atoms with Crippen molar-refractivity contribution in [2.45, 2.75) is 46.6 Å². The van der Waals surface area contributed by atoms with E-state index in [1.54, 1.807) is 11.9 Å². The van der Waals surface area contributed by atoms with Crippen LogP contribution in [0.15, 0.2) is 0 Å². The van der Waals surface area contributed by atoms with E-state index in [-0.39, 0.29) is 11.8 Å². The molecular formula is C21H33N5O3. The summed E-state index contributed by atoms with van der Waals surface area (Å²) in [5.74, 6) is 2.00. The number of ether oxygens (including phenoxy) is 1. The van der Waals surface area contributed by atoms with Gasteiger partial charge in [0.25, 0.3) is 0 Å². The average Bonchev–Trinajstić information content (AvgIpc) is 2.67. The number of likely N-dealkylation sites (N-methyl/N-ethyl adjacent to an activating group) is 1. The Labute approximate surface area is 173 Å². The number of nitrogens with zero attached hydrogens (tertiary/aromatic N) is 5. The third-order valence-electron chi connectivity index (χ3n) is 5.58. The first-order chi connectivity index (χ1) is 13.8. The van der Waals surface area contributed by atoms with Gasteiger partial charge in [-0.05, 0) is 25.7 Å². The highest BCUT2D eigenvalue weighted by Gasteiger charge is 2.28. The highest BCUT2D eigenvalue weighted by Crippen LogP contribution is 2.28. The van der Waals surface area contributed by atoms with Crippen molar-refractivity contribution in [2.75, 3.05) is 51.3 Å². The largest absolute Gasteiger partial charge is 0.379 e. The van der Waals surface area contributed by atoms with Crippen molar-refractivity contribution in [1.29, 1.82) is 0 Å². The number of amides is 2. The lowest BCUT2D eigenvalue weighted by Crippen LogP contribution is -2.43. The van der Waals surface area contributed by atoms with Gasteiger partial charge in [0.2, 0.25) is 11.8 Å². The maximum absolute atomic E-state index is 12.6. The van der Waals surface area contributed by atoms with E-state index in [4.69, 9.17) is 9.72 Å². The minimum absolute atomic E-state index is 0.0404. The minimum atomic E-state index is 0.0404. The second-order valence-electron chi connectivity index (χ2n) is 8.39. The number of anilines is 1. The van der Waals surface area contributed by atoms with Crippen LogP contribution < -0.4 is 4.90 Å². The van der Waals surface area contributed by atoms with Crippen molar-refractivity contribution in [1.82, 2.24) is 19.8 Å². The molecule has 0 unspecified atom stereocenters. The number of hydrogen-bond acceptors (Lipinski definition) is 6. The molecule has 160 valence electrons.